The quantitative estimate of drug-likeness (QED) is 0.799. The van der Waals surface area contributed by atoms with Gasteiger partial charge in [-0.05, 0) is 32.0 Å². The molecule has 5 nitrogen and oxygen atoms in total. The second-order valence-electron chi connectivity index (χ2n) is 4.75. The second kappa shape index (κ2) is 6.13. The molecule has 2 rings (SSSR count). The number of pyridine rings is 1. The van der Waals surface area contributed by atoms with Crippen LogP contribution in [0.1, 0.15) is 24.5 Å². The molecule has 18 heavy (non-hydrogen) atoms. The van der Waals surface area contributed by atoms with Crippen molar-refractivity contribution in [3.05, 3.63) is 23.9 Å². The highest BCUT2D eigenvalue weighted by Crippen LogP contribution is 2.19. The lowest BCUT2D eigenvalue weighted by Crippen LogP contribution is -2.40. The highest BCUT2D eigenvalue weighted by atomic mass is 16.5. The molecule has 0 bridgehead atoms. The van der Waals surface area contributed by atoms with Gasteiger partial charge in [0.2, 0.25) is 5.88 Å². The van der Waals surface area contributed by atoms with Gasteiger partial charge in [0.05, 0.1) is 13.2 Å². The summed E-state index contributed by atoms with van der Waals surface area (Å²) in [5.74, 6) is 0.541. The van der Waals surface area contributed by atoms with Gasteiger partial charge >= 0.3 is 0 Å². The Labute approximate surface area is 108 Å². The van der Waals surface area contributed by atoms with Crippen molar-refractivity contribution in [1.82, 2.24) is 9.88 Å². The van der Waals surface area contributed by atoms with Crippen LogP contribution in [0.2, 0.25) is 0 Å². The smallest absolute Gasteiger partial charge is 0.212 e. The lowest BCUT2D eigenvalue weighted by Gasteiger charge is -2.24. The first-order chi connectivity index (χ1) is 8.70. The van der Waals surface area contributed by atoms with Crippen molar-refractivity contribution in [1.29, 1.82) is 0 Å². The minimum Gasteiger partial charge on any atom is -0.481 e. The maximum atomic E-state index is 10.2. The van der Waals surface area contributed by atoms with Gasteiger partial charge in [-0.3, -0.25) is 0 Å². The molecule has 1 aromatic heterocycles. The largest absolute Gasteiger partial charge is 0.481 e. The maximum Gasteiger partial charge on any atom is 0.212 e. The van der Waals surface area contributed by atoms with Crippen LogP contribution in [0.4, 0.5) is 0 Å². The number of aliphatic hydroxyl groups excluding tert-OH is 1. The van der Waals surface area contributed by atoms with Crippen molar-refractivity contribution in [3.8, 4) is 5.88 Å². The van der Waals surface area contributed by atoms with E-state index in [0.29, 0.717) is 5.88 Å². The standard InChI is InChI=1S/C13H21N3O2/c1-18-12-5-4-10(8-15-12)13(17)11(14)9-16-6-2-3-7-16/h4-5,8,11,13,17H,2-3,6-7,9,14H2,1H3/t11-,13-/m1/s1. The fourth-order valence-corrected chi connectivity index (χ4v) is 2.30. The van der Waals surface area contributed by atoms with Gasteiger partial charge in [-0.15, -0.1) is 0 Å². The topological polar surface area (TPSA) is 71.6 Å². The molecule has 1 aliphatic heterocycles. The monoisotopic (exact) mass is 251 g/mol. The van der Waals surface area contributed by atoms with Crippen LogP contribution in [0.3, 0.4) is 0 Å². The predicted molar refractivity (Wildman–Crippen MR) is 69.4 cm³/mol. The third-order valence-electron chi connectivity index (χ3n) is 3.38. The Hall–Kier alpha value is -1.17. The molecule has 100 valence electrons. The Balaban J connectivity index is 1.93. The molecule has 0 amide bonds. The van der Waals surface area contributed by atoms with Crippen LogP contribution in [-0.2, 0) is 0 Å². The Kier molecular flexibility index (Phi) is 4.52. The first-order valence-electron chi connectivity index (χ1n) is 6.36. The molecule has 1 saturated heterocycles. The van der Waals surface area contributed by atoms with Gasteiger partial charge in [0.15, 0.2) is 0 Å². The van der Waals surface area contributed by atoms with E-state index in [9.17, 15) is 5.11 Å². The molecule has 2 atom stereocenters. The number of aliphatic hydroxyl groups is 1. The van der Waals surface area contributed by atoms with Gasteiger partial charge in [-0.25, -0.2) is 4.98 Å². The van der Waals surface area contributed by atoms with E-state index >= 15 is 0 Å². The minimum absolute atomic E-state index is 0.279. The van der Waals surface area contributed by atoms with E-state index in [1.165, 1.54) is 12.8 Å². The van der Waals surface area contributed by atoms with Crippen molar-refractivity contribution < 1.29 is 9.84 Å². The summed E-state index contributed by atoms with van der Waals surface area (Å²) in [4.78, 5) is 6.38. The summed E-state index contributed by atoms with van der Waals surface area (Å²) >= 11 is 0. The SMILES string of the molecule is COc1ccc([C@@H](O)[C@H](N)CN2CCCC2)cn1. The zero-order valence-corrected chi connectivity index (χ0v) is 10.7. The maximum absolute atomic E-state index is 10.2. The Morgan fingerprint density at radius 1 is 1.44 bits per heavy atom. The van der Waals surface area contributed by atoms with Gasteiger partial charge in [-0.2, -0.15) is 0 Å². The van der Waals surface area contributed by atoms with E-state index in [0.717, 1.165) is 25.2 Å². The van der Waals surface area contributed by atoms with Crippen LogP contribution in [0.5, 0.6) is 5.88 Å². The summed E-state index contributed by atoms with van der Waals surface area (Å²) in [6, 6.07) is 3.26. The molecule has 0 radical (unpaired) electrons. The molecule has 0 spiro atoms. The van der Waals surface area contributed by atoms with Crippen LogP contribution in [0.25, 0.3) is 0 Å². The number of nitrogens with zero attached hydrogens (tertiary/aromatic N) is 2. The first kappa shape index (κ1) is 13.3. The summed E-state index contributed by atoms with van der Waals surface area (Å²) < 4.78 is 4.98. The molecule has 5 heteroatoms. The summed E-state index contributed by atoms with van der Waals surface area (Å²) in [6.45, 7) is 2.90. The summed E-state index contributed by atoms with van der Waals surface area (Å²) in [7, 11) is 1.57. The van der Waals surface area contributed by atoms with Gasteiger partial charge in [0, 0.05) is 30.4 Å². The molecule has 1 fully saturated rings. The Morgan fingerprint density at radius 2 is 2.17 bits per heavy atom. The molecule has 0 unspecified atom stereocenters. The summed E-state index contributed by atoms with van der Waals surface area (Å²) in [5, 5.41) is 10.2. The number of aromatic nitrogens is 1. The number of rotatable bonds is 5. The fourth-order valence-electron chi connectivity index (χ4n) is 2.30. The molecule has 2 heterocycles. The number of hydrogen-bond acceptors (Lipinski definition) is 5. The Morgan fingerprint density at radius 3 is 2.72 bits per heavy atom. The molecule has 1 aromatic rings. The molecule has 0 saturated carbocycles. The van der Waals surface area contributed by atoms with Crippen molar-refractivity contribution in [2.24, 2.45) is 5.73 Å². The lowest BCUT2D eigenvalue weighted by molar-refractivity contribution is 0.125. The highest BCUT2D eigenvalue weighted by molar-refractivity contribution is 5.20. The van der Waals surface area contributed by atoms with Crippen molar-refractivity contribution in [2.75, 3.05) is 26.7 Å². The summed E-state index contributed by atoms with van der Waals surface area (Å²) in [5.41, 5.74) is 6.79. The first-order valence-corrected chi connectivity index (χ1v) is 6.36. The minimum atomic E-state index is -0.677. The van der Waals surface area contributed by atoms with Crippen LogP contribution in [0.15, 0.2) is 18.3 Å². The zero-order chi connectivity index (χ0) is 13.0. The zero-order valence-electron chi connectivity index (χ0n) is 10.7. The molecular formula is C13H21N3O2. The highest BCUT2D eigenvalue weighted by Gasteiger charge is 2.22. The van der Waals surface area contributed by atoms with Gasteiger partial charge < -0.3 is 20.5 Å². The number of methoxy groups -OCH3 is 1. The van der Waals surface area contributed by atoms with E-state index in [1.54, 1.807) is 25.4 Å². The average molecular weight is 251 g/mol. The number of nitrogens with two attached hydrogens (primary N) is 1. The average Bonchev–Trinajstić information content (AvgIpc) is 2.91. The predicted octanol–water partition coefficient (Wildman–Crippen LogP) is 0.547. The third-order valence-corrected chi connectivity index (χ3v) is 3.38. The third kappa shape index (κ3) is 3.19. The second-order valence-corrected chi connectivity index (χ2v) is 4.75. The van der Waals surface area contributed by atoms with E-state index in [-0.39, 0.29) is 6.04 Å². The molecular weight excluding hydrogens is 230 g/mol. The fraction of sp³-hybridized carbons (Fsp3) is 0.615. The van der Waals surface area contributed by atoms with E-state index < -0.39 is 6.10 Å². The van der Waals surface area contributed by atoms with Crippen LogP contribution >= 0.6 is 0 Å². The molecule has 0 aromatic carbocycles. The molecule has 3 N–H and O–H groups in total. The van der Waals surface area contributed by atoms with E-state index in [2.05, 4.69) is 9.88 Å². The number of likely N-dealkylation sites (tertiary alicyclic amines) is 1. The number of ether oxygens (including phenoxy) is 1. The molecule has 0 aliphatic carbocycles. The number of hydrogen-bond donors (Lipinski definition) is 2. The van der Waals surface area contributed by atoms with Gasteiger partial charge in [0.1, 0.15) is 0 Å². The van der Waals surface area contributed by atoms with Gasteiger partial charge in [0.25, 0.3) is 0 Å². The van der Waals surface area contributed by atoms with Crippen molar-refractivity contribution >= 4 is 0 Å². The van der Waals surface area contributed by atoms with Crippen LogP contribution in [-0.4, -0.2) is 47.8 Å². The Bertz CT molecular complexity index is 363. The lowest BCUT2D eigenvalue weighted by atomic mass is 10.0. The normalized spacial score (nSPS) is 19.7. The van der Waals surface area contributed by atoms with Crippen LogP contribution < -0.4 is 10.5 Å². The molecule has 1 aliphatic rings. The van der Waals surface area contributed by atoms with Gasteiger partial charge in [-0.1, -0.05) is 0 Å². The summed E-state index contributed by atoms with van der Waals surface area (Å²) in [6.07, 6.45) is 3.40. The van der Waals surface area contributed by atoms with Crippen molar-refractivity contribution in [3.63, 3.8) is 0 Å². The van der Waals surface area contributed by atoms with Crippen LogP contribution in [0, 0.1) is 0 Å². The van der Waals surface area contributed by atoms with E-state index in [1.807, 2.05) is 0 Å². The van der Waals surface area contributed by atoms with E-state index in [4.69, 9.17) is 10.5 Å². The van der Waals surface area contributed by atoms with Crippen molar-refractivity contribution in [2.45, 2.75) is 25.0 Å².